The van der Waals surface area contributed by atoms with Crippen LogP contribution in [0.15, 0.2) is 82.7 Å². The van der Waals surface area contributed by atoms with Gasteiger partial charge in [0, 0.05) is 17.8 Å². The molecule has 9 heteroatoms. The highest BCUT2D eigenvalue weighted by atomic mass is 79.9. The van der Waals surface area contributed by atoms with E-state index in [9.17, 15) is 4.79 Å². The molecular formula is C31H32BrN5O3. The minimum absolute atomic E-state index is 0.220. The van der Waals surface area contributed by atoms with Crippen LogP contribution in [0.3, 0.4) is 0 Å². The largest absolute Gasteiger partial charge is 0.490 e. The van der Waals surface area contributed by atoms with E-state index in [4.69, 9.17) is 9.47 Å². The predicted molar refractivity (Wildman–Crippen MR) is 160 cm³/mol. The number of carbonyl (C=O) groups is 1. The van der Waals surface area contributed by atoms with E-state index in [-0.39, 0.29) is 5.91 Å². The molecule has 0 spiro atoms. The lowest BCUT2D eigenvalue weighted by molar-refractivity contribution is -0.113. The number of nitrogens with zero attached hydrogens (tertiary/aromatic N) is 3. The molecule has 8 nitrogen and oxygen atoms in total. The minimum Gasteiger partial charge on any atom is -0.490 e. The molecule has 0 saturated heterocycles. The van der Waals surface area contributed by atoms with E-state index in [0.29, 0.717) is 41.9 Å². The Bertz CT molecular complexity index is 1560. The van der Waals surface area contributed by atoms with Crippen molar-refractivity contribution in [3.05, 3.63) is 105 Å². The molecule has 3 aromatic carbocycles. The van der Waals surface area contributed by atoms with Gasteiger partial charge in [-0.3, -0.25) is 4.79 Å². The van der Waals surface area contributed by atoms with Crippen molar-refractivity contribution in [1.82, 2.24) is 14.8 Å². The fourth-order valence-electron chi connectivity index (χ4n) is 4.83. The number of aromatic nitrogens is 3. The highest BCUT2D eigenvalue weighted by Gasteiger charge is 2.34. The number of ether oxygens (including phenoxy) is 2. The second-order valence-electron chi connectivity index (χ2n) is 9.64. The number of nitrogens with one attached hydrogen (secondary N) is 2. The molecule has 5 rings (SSSR count). The Balaban J connectivity index is 1.50. The van der Waals surface area contributed by atoms with E-state index < -0.39 is 6.04 Å². The smallest absolute Gasteiger partial charge is 0.255 e. The molecule has 1 aliphatic heterocycles. The highest BCUT2D eigenvalue weighted by Crippen LogP contribution is 2.43. The van der Waals surface area contributed by atoms with Crippen molar-refractivity contribution in [3.63, 3.8) is 0 Å². The van der Waals surface area contributed by atoms with Crippen molar-refractivity contribution in [2.45, 2.75) is 40.2 Å². The van der Waals surface area contributed by atoms with Gasteiger partial charge >= 0.3 is 0 Å². The summed E-state index contributed by atoms with van der Waals surface area (Å²) in [4.78, 5) is 18.2. The molecule has 0 radical (unpaired) electrons. The second kappa shape index (κ2) is 12.0. The fourth-order valence-corrected chi connectivity index (χ4v) is 5.41. The van der Waals surface area contributed by atoms with Crippen molar-refractivity contribution in [2.75, 3.05) is 23.8 Å². The van der Waals surface area contributed by atoms with E-state index in [1.54, 1.807) is 4.68 Å². The standard InChI is InChI=1S/C31H32BrN5O3/c1-5-39-26-17-23(16-24(32)29(26)40-15-14-22-11-7-6-8-12-22)28-27(21(4)35-31-33-18-34-37(28)31)30(38)36-25-13-9-10-19(2)20(25)3/h6-13,16-18,28H,5,14-15H2,1-4H3,(H,36,38)(H,33,34,35). The van der Waals surface area contributed by atoms with Crippen molar-refractivity contribution < 1.29 is 14.3 Å². The molecule has 1 aliphatic rings. The Morgan fingerprint density at radius 1 is 1.07 bits per heavy atom. The lowest BCUT2D eigenvalue weighted by Crippen LogP contribution is -2.31. The van der Waals surface area contributed by atoms with Crippen molar-refractivity contribution in [1.29, 1.82) is 0 Å². The van der Waals surface area contributed by atoms with Crippen LogP contribution in [0, 0.1) is 13.8 Å². The third kappa shape index (κ3) is 5.60. The lowest BCUT2D eigenvalue weighted by atomic mass is 9.94. The van der Waals surface area contributed by atoms with E-state index in [1.165, 1.54) is 11.9 Å². The maximum absolute atomic E-state index is 13.9. The summed E-state index contributed by atoms with van der Waals surface area (Å²) >= 11 is 3.71. The zero-order valence-corrected chi connectivity index (χ0v) is 24.6. The van der Waals surface area contributed by atoms with Crippen LogP contribution in [0.4, 0.5) is 11.6 Å². The van der Waals surface area contributed by atoms with Crippen LogP contribution in [0.25, 0.3) is 0 Å². The normalized spacial score (nSPS) is 14.4. The number of carbonyl (C=O) groups excluding carboxylic acids is 1. The van der Waals surface area contributed by atoms with Gasteiger partial charge in [0.2, 0.25) is 5.95 Å². The third-order valence-electron chi connectivity index (χ3n) is 7.02. The molecule has 2 heterocycles. The minimum atomic E-state index is -0.544. The summed E-state index contributed by atoms with van der Waals surface area (Å²) in [5.41, 5.74) is 6.14. The van der Waals surface area contributed by atoms with Crippen molar-refractivity contribution in [3.8, 4) is 11.5 Å². The predicted octanol–water partition coefficient (Wildman–Crippen LogP) is 6.61. The number of amides is 1. The van der Waals surface area contributed by atoms with Gasteiger partial charge in [-0.15, -0.1) is 0 Å². The first-order chi connectivity index (χ1) is 19.4. The summed E-state index contributed by atoms with van der Waals surface area (Å²) < 4.78 is 14.7. The number of fused-ring (bicyclic) bond motifs is 1. The van der Waals surface area contributed by atoms with Crippen molar-refractivity contribution in [2.24, 2.45) is 0 Å². The van der Waals surface area contributed by atoms with Gasteiger partial charge in [-0.1, -0.05) is 42.5 Å². The van der Waals surface area contributed by atoms with Crippen molar-refractivity contribution >= 4 is 33.5 Å². The quantitative estimate of drug-likeness (QED) is 0.224. The highest BCUT2D eigenvalue weighted by molar-refractivity contribution is 9.10. The Hall–Kier alpha value is -4.11. The number of benzene rings is 3. The summed E-state index contributed by atoms with van der Waals surface area (Å²) in [7, 11) is 0. The van der Waals surface area contributed by atoms with Crippen LogP contribution in [-0.4, -0.2) is 33.9 Å². The molecule has 40 heavy (non-hydrogen) atoms. The number of rotatable bonds is 9. The maximum atomic E-state index is 13.9. The molecule has 1 aromatic heterocycles. The molecule has 2 N–H and O–H groups in total. The maximum Gasteiger partial charge on any atom is 0.255 e. The first-order valence-electron chi connectivity index (χ1n) is 13.2. The zero-order chi connectivity index (χ0) is 28.2. The number of aryl methyl sites for hydroxylation is 1. The molecule has 0 fully saturated rings. The first-order valence-corrected chi connectivity index (χ1v) is 14.0. The molecule has 1 unspecified atom stereocenters. The van der Waals surface area contributed by atoms with Gasteiger partial charge in [-0.25, -0.2) is 4.68 Å². The number of anilines is 2. The molecular weight excluding hydrogens is 570 g/mol. The van der Waals surface area contributed by atoms with Crippen LogP contribution in [-0.2, 0) is 11.2 Å². The molecule has 206 valence electrons. The Labute approximate surface area is 242 Å². The van der Waals surface area contributed by atoms with E-state index in [0.717, 1.165) is 33.3 Å². The van der Waals surface area contributed by atoms with Crippen LogP contribution < -0.4 is 20.1 Å². The molecule has 1 atom stereocenters. The van der Waals surface area contributed by atoms with Gasteiger partial charge in [-0.05, 0) is 84.1 Å². The van der Waals surface area contributed by atoms with Gasteiger partial charge in [-0.2, -0.15) is 10.1 Å². The first kappa shape index (κ1) is 27.5. The van der Waals surface area contributed by atoms with E-state index in [1.807, 2.05) is 76.2 Å². The molecule has 1 amide bonds. The van der Waals surface area contributed by atoms with E-state index in [2.05, 4.69) is 48.8 Å². The molecule has 0 bridgehead atoms. The Kier molecular flexibility index (Phi) is 8.21. The number of allylic oxidation sites excluding steroid dienone is 1. The van der Waals surface area contributed by atoms with Gasteiger partial charge in [0.1, 0.15) is 12.4 Å². The zero-order valence-electron chi connectivity index (χ0n) is 23.0. The summed E-state index contributed by atoms with van der Waals surface area (Å²) in [6.07, 6.45) is 2.25. The summed E-state index contributed by atoms with van der Waals surface area (Å²) in [5.74, 6) is 1.55. The summed E-state index contributed by atoms with van der Waals surface area (Å²) in [5, 5.41) is 10.8. The van der Waals surface area contributed by atoms with Crippen LogP contribution in [0.1, 0.15) is 42.1 Å². The molecule has 0 saturated carbocycles. The summed E-state index contributed by atoms with van der Waals surface area (Å²) in [6.45, 7) is 8.79. The second-order valence-corrected chi connectivity index (χ2v) is 10.5. The Morgan fingerprint density at radius 2 is 1.88 bits per heavy atom. The number of hydrogen-bond acceptors (Lipinski definition) is 6. The topological polar surface area (TPSA) is 90.3 Å². The molecule has 0 aliphatic carbocycles. The number of halogens is 1. The monoisotopic (exact) mass is 601 g/mol. The van der Waals surface area contributed by atoms with Gasteiger partial charge in [0.15, 0.2) is 11.5 Å². The van der Waals surface area contributed by atoms with Crippen LogP contribution in [0.5, 0.6) is 11.5 Å². The summed E-state index contributed by atoms with van der Waals surface area (Å²) in [6, 6.07) is 19.4. The lowest BCUT2D eigenvalue weighted by Gasteiger charge is -2.29. The van der Waals surface area contributed by atoms with Gasteiger partial charge in [0.25, 0.3) is 5.91 Å². The average molecular weight is 603 g/mol. The van der Waals surface area contributed by atoms with Gasteiger partial charge in [0.05, 0.1) is 23.3 Å². The van der Waals surface area contributed by atoms with Gasteiger partial charge < -0.3 is 20.1 Å². The number of hydrogen-bond donors (Lipinski definition) is 2. The Morgan fingerprint density at radius 3 is 2.65 bits per heavy atom. The van der Waals surface area contributed by atoms with E-state index >= 15 is 0 Å². The SMILES string of the molecule is CCOc1cc(C2C(C(=O)Nc3cccc(C)c3C)=C(C)Nc3ncnn32)cc(Br)c1OCCc1ccccc1. The molecule has 4 aromatic rings. The average Bonchev–Trinajstić information content (AvgIpc) is 3.40. The third-order valence-corrected chi connectivity index (χ3v) is 7.61. The fraction of sp³-hybridized carbons (Fsp3) is 0.258. The van der Waals surface area contributed by atoms with Crippen LogP contribution >= 0.6 is 15.9 Å². The van der Waals surface area contributed by atoms with Crippen LogP contribution in [0.2, 0.25) is 0 Å².